The molecule has 2 atom stereocenters. The molecule has 0 heterocycles. The summed E-state index contributed by atoms with van der Waals surface area (Å²) in [7, 11) is 0. The maximum absolute atomic E-state index is 12.0. The number of amides is 2. The van der Waals surface area contributed by atoms with Crippen molar-refractivity contribution in [2.75, 3.05) is 18.5 Å². The highest BCUT2D eigenvalue weighted by atomic mass is 16.5. The maximum atomic E-state index is 12.0. The molecule has 0 aliphatic heterocycles. The molecule has 0 saturated heterocycles. The lowest BCUT2D eigenvalue weighted by Crippen LogP contribution is -2.42. The van der Waals surface area contributed by atoms with Gasteiger partial charge in [0.15, 0.2) is 6.61 Å². The Hall–Kier alpha value is -2.57. The third-order valence-electron chi connectivity index (χ3n) is 4.43. The molecule has 2 N–H and O–H groups in total. The highest BCUT2D eigenvalue weighted by molar-refractivity contribution is 5.92. The summed E-state index contributed by atoms with van der Waals surface area (Å²) in [5.41, 5.74) is 0.808. The van der Waals surface area contributed by atoms with E-state index < -0.39 is 12.1 Å². The third kappa shape index (κ3) is 6.06. The lowest BCUT2D eigenvalue weighted by Gasteiger charge is -2.29. The number of nitrogens with one attached hydrogen (secondary N) is 2. The molecule has 1 aromatic rings. The van der Waals surface area contributed by atoms with Crippen LogP contribution in [0.3, 0.4) is 0 Å². The van der Waals surface area contributed by atoms with Crippen LogP contribution in [-0.2, 0) is 14.3 Å². The fraction of sp³-hybridized carbons (Fsp3) is 0.526. The third-order valence-corrected chi connectivity index (χ3v) is 4.43. The molecule has 1 fully saturated rings. The molecule has 142 valence electrons. The molecular weight excluding hydrogens is 336 g/mol. The van der Waals surface area contributed by atoms with Gasteiger partial charge in [-0.3, -0.25) is 10.1 Å². The van der Waals surface area contributed by atoms with Crippen LogP contribution in [0, 0.1) is 5.92 Å². The molecule has 0 bridgehead atoms. The van der Waals surface area contributed by atoms with E-state index in [2.05, 4.69) is 17.6 Å². The van der Waals surface area contributed by atoms with Crippen LogP contribution in [0.15, 0.2) is 24.3 Å². The van der Waals surface area contributed by atoms with E-state index in [-0.39, 0.29) is 25.2 Å². The fourth-order valence-electron chi connectivity index (χ4n) is 2.97. The van der Waals surface area contributed by atoms with E-state index >= 15 is 0 Å². The van der Waals surface area contributed by atoms with Gasteiger partial charge < -0.3 is 14.8 Å². The van der Waals surface area contributed by atoms with Crippen molar-refractivity contribution in [1.29, 1.82) is 0 Å². The van der Waals surface area contributed by atoms with Gasteiger partial charge in [0.1, 0.15) is 0 Å². The van der Waals surface area contributed by atoms with E-state index in [1.165, 1.54) is 18.6 Å². The van der Waals surface area contributed by atoms with Crippen molar-refractivity contribution in [2.45, 2.75) is 45.6 Å². The largest absolute Gasteiger partial charge is 0.452 e. The Balaban J connectivity index is 1.78. The zero-order valence-electron chi connectivity index (χ0n) is 15.2. The summed E-state index contributed by atoms with van der Waals surface area (Å²) in [5.74, 6) is -0.417. The van der Waals surface area contributed by atoms with Crippen LogP contribution in [0.2, 0.25) is 0 Å². The molecule has 1 aromatic carbocycles. The van der Waals surface area contributed by atoms with Crippen molar-refractivity contribution in [2.24, 2.45) is 5.92 Å². The summed E-state index contributed by atoms with van der Waals surface area (Å²) in [6.45, 7) is 3.81. The normalized spacial score (nSPS) is 19.3. The van der Waals surface area contributed by atoms with Gasteiger partial charge in [-0.05, 0) is 49.9 Å². The molecule has 26 heavy (non-hydrogen) atoms. The van der Waals surface area contributed by atoms with Crippen LogP contribution < -0.4 is 10.6 Å². The van der Waals surface area contributed by atoms with E-state index in [0.717, 1.165) is 19.3 Å². The SMILES string of the molecule is CCOC(=O)Nc1ccc(C(=O)OCC(=O)NC2CCCCC2C)cc1. The molecular formula is C19H26N2O5. The Bertz CT molecular complexity index is 629. The van der Waals surface area contributed by atoms with Gasteiger partial charge in [0.25, 0.3) is 5.91 Å². The van der Waals surface area contributed by atoms with Gasteiger partial charge in [-0.25, -0.2) is 9.59 Å². The molecule has 1 saturated carbocycles. The predicted octanol–water partition coefficient (Wildman–Crippen LogP) is 3.11. The minimum atomic E-state index is -0.584. The summed E-state index contributed by atoms with van der Waals surface area (Å²) in [6.07, 6.45) is 3.83. The van der Waals surface area contributed by atoms with Crippen molar-refractivity contribution >= 4 is 23.7 Å². The molecule has 2 amide bonds. The van der Waals surface area contributed by atoms with Crippen LogP contribution in [0.1, 0.15) is 49.9 Å². The van der Waals surface area contributed by atoms with E-state index in [9.17, 15) is 14.4 Å². The average Bonchev–Trinajstić information content (AvgIpc) is 2.62. The Morgan fingerprint density at radius 3 is 2.42 bits per heavy atom. The van der Waals surface area contributed by atoms with E-state index in [1.54, 1.807) is 19.1 Å². The van der Waals surface area contributed by atoms with Crippen molar-refractivity contribution in [3.63, 3.8) is 0 Å². The summed E-state index contributed by atoms with van der Waals surface area (Å²) in [4.78, 5) is 35.3. The number of esters is 1. The molecule has 1 aliphatic rings. The molecule has 0 aromatic heterocycles. The average molecular weight is 362 g/mol. The summed E-state index contributed by atoms with van der Waals surface area (Å²) in [5, 5.41) is 5.47. The lowest BCUT2D eigenvalue weighted by atomic mass is 9.86. The topological polar surface area (TPSA) is 93.7 Å². The lowest BCUT2D eigenvalue weighted by molar-refractivity contribution is -0.125. The quantitative estimate of drug-likeness (QED) is 0.759. The second kappa shape index (κ2) is 9.79. The van der Waals surface area contributed by atoms with Crippen LogP contribution >= 0.6 is 0 Å². The van der Waals surface area contributed by atoms with Gasteiger partial charge in [-0.1, -0.05) is 19.8 Å². The monoisotopic (exact) mass is 362 g/mol. The van der Waals surface area contributed by atoms with Gasteiger partial charge in [-0.2, -0.15) is 0 Å². The minimum absolute atomic E-state index is 0.156. The van der Waals surface area contributed by atoms with Crippen LogP contribution in [-0.4, -0.2) is 37.2 Å². The van der Waals surface area contributed by atoms with E-state index in [1.807, 2.05) is 0 Å². The van der Waals surface area contributed by atoms with Crippen molar-refractivity contribution in [3.05, 3.63) is 29.8 Å². The molecule has 7 heteroatoms. The van der Waals surface area contributed by atoms with E-state index in [4.69, 9.17) is 9.47 Å². The Kier molecular flexibility index (Phi) is 7.44. The van der Waals surface area contributed by atoms with Crippen LogP contribution in [0.25, 0.3) is 0 Å². The first-order chi connectivity index (χ1) is 12.5. The van der Waals surface area contributed by atoms with Crippen molar-refractivity contribution < 1.29 is 23.9 Å². The van der Waals surface area contributed by atoms with Gasteiger partial charge >= 0.3 is 12.1 Å². The predicted molar refractivity (Wildman–Crippen MR) is 96.9 cm³/mol. The first kappa shape index (κ1) is 19.8. The van der Waals surface area contributed by atoms with Crippen LogP contribution in [0.5, 0.6) is 0 Å². The van der Waals surface area contributed by atoms with Gasteiger partial charge in [0.2, 0.25) is 0 Å². The number of anilines is 1. The molecule has 0 spiro atoms. The molecule has 0 radical (unpaired) electrons. The number of rotatable bonds is 6. The highest BCUT2D eigenvalue weighted by Crippen LogP contribution is 2.23. The van der Waals surface area contributed by atoms with Crippen molar-refractivity contribution in [1.82, 2.24) is 5.32 Å². The summed E-state index contributed by atoms with van der Waals surface area (Å²) < 4.78 is 9.84. The zero-order valence-corrected chi connectivity index (χ0v) is 15.2. The fourth-order valence-corrected chi connectivity index (χ4v) is 2.97. The second-order valence-electron chi connectivity index (χ2n) is 6.43. The van der Waals surface area contributed by atoms with Crippen molar-refractivity contribution in [3.8, 4) is 0 Å². The Morgan fingerprint density at radius 2 is 1.77 bits per heavy atom. The van der Waals surface area contributed by atoms with Gasteiger partial charge in [0, 0.05) is 11.7 Å². The maximum Gasteiger partial charge on any atom is 0.411 e. The number of carbonyl (C=O) groups is 3. The first-order valence-electron chi connectivity index (χ1n) is 9.00. The standard InChI is InChI=1S/C19H26N2O5/c1-3-25-19(24)20-15-10-8-14(9-11-15)18(23)26-12-17(22)21-16-7-5-4-6-13(16)2/h8-11,13,16H,3-7,12H2,1-2H3,(H,20,24)(H,21,22). The van der Waals surface area contributed by atoms with Gasteiger partial charge in [-0.15, -0.1) is 0 Å². The smallest absolute Gasteiger partial charge is 0.411 e. The van der Waals surface area contributed by atoms with E-state index in [0.29, 0.717) is 17.2 Å². The number of ether oxygens (including phenoxy) is 2. The molecule has 2 rings (SSSR count). The molecule has 1 aliphatic carbocycles. The summed E-state index contributed by atoms with van der Waals surface area (Å²) in [6, 6.07) is 6.33. The minimum Gasteiger partial charge on any atom is -0.452 e. The second-order valence-corrected chi connectivity index (χ2v) is 6.43. The number of benzene rings is 1. The molecule has 2 unspecified atom stereocenters. The Morgan fingerprint density at radius 1 is 1.08 bits per heavy atom. The van der Waals surface area contributed by atoms with Gasteiger partial charge in [0.05, 0.1) is 12.2 Å². The number of carbonyl (C=O) groups excluding carboxylic acids is 3. The highest BCUT2D eigenvalue weighted by Gasteiger charge is 2.23. The number of hydrogen-bond donors (Lipinski definition) is 2. The first-order valence-corrected chi connectivity index (χ1v) is 9.00. The zero-order chi connectivity index (χ0) is 18.9. The van der Waals surface area contributed by atoms with Crippen LogP contribution in [0.4, 0.5) is 10.5 Å². The molecule has 7 nitrogen and oxygen atoms in total. The Labute approximate surface area is 153 Å². The number of hydrogen-bond acceptors (Lipinski definition) is 5. The summed E-state index contributed by atoms with van der Waals surface area (Å²) >= 11 is 0.